The topological polar surface area (TPSA) is 143 Å². The third kappa shape index (κ3) is 8.30. The summed E-state index contributed by atoms with van der Waals surface area (Å²) in [6, 6.07) is 16.7. The molecule has 1 aromatic heterocycles. The van der Waals surface area contributed by atoms with Crippen molar-refractivity contribution < 1.29 is 28.7 Å². The maximum atomic E-state index is 13.9. The van der Waals surface area contributed by atoms with E-state index in [9.17, 15) is 19.2 Å². The van der Waals surface area contributed by atoms with Gasteiger partial charge in [0.05, 0.1) is 19.3 Å². The molecule has 2 aromatic carbocycles. The highest BCUT2D eigenvalue weighted by atomic mass is 16.6. The number of hydrogen-bond donors (Lipinski definition) is 2. The number of piperazine rings is 1. The van der Waals surface area contributed by atoms with Crippen LogP contribution in [0.25, 0.3) is 11.4 Å². The molecule has 0 radical (unpaired) electrons. The van der Waals surface area contributed by atoms with Crippen molar-refractivity contribution in [2.75, 3.05) is 45.2 Å². The first-order chi connectivity index (χ1) is 21.2. The number of nitrogens with one attached hydrogen (secondary N) is 2. The lowest BCUT2D eigenvalue weighted by Crippen LogP contribution is -2.56. The minimum atomic E-state index is -0.947. The Bertz CT molecular complexity index is 1460. The van der Waals surface area contributed by atoms with Crippen LogP contribution in [0.15, 0.2) is 60.7 Å². The second-order valence-electron chi connectivity index (χ2n) is 10.6. The maximum absolute atomic E-state index is 13.9. The molecule has 0 spiro atoms. The van der Waals surface area contributed by atoms with Crippen LogP contribution in [0.2, 0.25) is 0 Å². The molecule has 1 aliphatic rings. The van der Waals surface area contributed by atoms with E-state index in [-0.39, 0.29) is 30.7 Å². The van der Waals surface area contributed by atoms with E-state index >= 15 is 0 Å². The lowest BCUT2D eigenvalue weighted by Gasteiger charge is -2.36. The van der Waals surface area contributed by atoms with Gasteiger partial charge in [0.1, 0.15) is 17.6 Å². The van der Waals surface area contributed by atoms with Gasteiger partial charge in [-0.05, 0) is 38.5 Å². The van der Waals surface area contributed by atoms with E-state index in [0.717, 1.165) is 11.1 Å². The number of benzene rings is 2. The van der Waals surface area contributed by atoms with Crippen molar-refractivity contribution in [1.29, 1.82) is 0 Å². The number of methoxy groups -OCH3 is 1. The summed E-state index contributed by atoms with van der Waals surface area (Å²) in [4.78, 5) is 64.0. The normalized spacial score (nSPS) is 13.7. The molecule has 1 saturated heterocycles. The second-order valence-corrected chi connectivity index (χ2v) is 10.6. The molecule has 1 aliphatic heterocycles. The molecule has 1 unspecified atom stereocenters. The lowest BCUT2D eigenvalue weighted by molar-refractivity contribution is -0.134. The molecule has 3 aromatic rings. The highest BCUT2D eigenvalue weighted by Gasteiger charge is 2.31. The van der Waals surface area contributed by atoms with Crippen LogP contribution in [0.4, 0.5) is 10.6 Å². The Morgan fingerprint density at radius 1 is 0.909 bits per heavy atom. The minimum absolute atomic E-state index is 0.0556. The molecule has 3 amide bonds. The van der Waals surface area contributed by atoms with Gasteiger partial charge in [0, 0.05) is 50.3 Å². The maximum Gasteiger partial charge on any atom is 0.409 e. The summed E-state index contributed by atoms with van der Waals surface area (Å²) < 4.78 is 9.87. The van der Waals surface area contributed by atoms with Gasteiger partial charge in [-0.15, -0.1) is 0 Å². The zero-order valence-corrected chi connectivity index (χ0v) is 25.4. The molecule has 2 heterocycles. The summed E-state index contributed by atoms with van der Waals surface area (Å²) in [7, 11) is 1.31. The number of aromatic nitrogens is 2. The van der Waals surface area contributed by atoms with Gasteiger partial charge in [-0.1, -0.05) is 42.5 Å². The fourth-order valence-corrected chi connectivity index (χ4v) is 4.76. The Morgan fingerprint density at radius 3 is 2.18 bits per heavy atom. The summed E-state index contributed by atoms with van der Waals surface area (Å²) >= 11 is 0. The number of carbonyl (C=O) groups is 4. The third-order valence-electron chi connectivity index (χ3n) is 6.96. The fraction of sp³-hybridized carbons (Fsp3) is 0.375. The molecular weight excluding hydrogens is 564 g/mol. The Morgan fingerprint density at radius 2 is 1.57 bits per heavy atom. The van der Waals surface area contributed by atoms with Crippen molar-refractivity contribution in [2.24, 2.45) is 0 Å². The van der Waals surface area contributed by atoms with Gasteiger partial charge in [0.2, 0.25) is 5.91 Å². The molecule has 1 atom stereocenters. The zero-order valence-electron chi connectivity index (χ0n) is 25.4. The van der Waals surface area contributed by atoms with E-state index in [2.05, 4.69) is 20.6 Å². The van der Waals surface area contributed by atoms with Gasteiger partial charge in [0.15, 0.2) is 5.82 Å². The molecule has 4 rings (SSSR count). The summed E-state index contributed by atoms with van der Waals surface area (Å²) in [6.07, 6.45) is -0.253. The van der Waals surface area contributed by atoms with Crippen LogP contribution in [-0.2, 0) is 20.7 Å². The first kappa shape index (κ1) is 31.9. The van der Waals surface area contributed by atoms with Gasteiger partial charge in [-0.2, -0.15) is 0 Å². The zero-order chi connectivity index (χ0) is 31.6. The fourth-order valence-electron chi connectivity index (χ4n) is 4.76. The molecular formula is C32H38N6O6. The molecule has 0 bridgehead atoms. The van der Waals surface area contributed by atoms with Crippen LogP contribution in [0, 0.1) is 0 Å². The number of ether oxygens (including phenoxy) is 2. The average molecular weight is 603 g/mol. The van der Waals surface area contributed by atoms with E-state index in [0.29, 0.717) is 43.4 Å². The van der Waals surface area contributed by atoms with Crippen LogP contribution >= 0.6 is 0 Å². The smallest absolute Gasteiger partial charge is 0.409 e. The molecule has 12 nitrogen and oxygen atoms in total. The van der Waals surface area contributed by atoms with Gasteiger partial charge in [0.25, 0.3) is 5.91 Å². The average Bonchev–Trinajstić information content (AvgIpc) is 3.04. The first-order valence-electron chi connectivity index (χ1n) is 14.6. The Hall–Kier alpha value is -5.00. The van der Waals surface area contributed by atoms with Crippen molar-refractivity contribution in [3.8, 4) is 11.4 Å². The van der Waals surface area contributed by atoms with E-state index in [1.807, 2.05) is 44.2 Å². The minimum Gasteiger partial charge on any atom is -0.465 e. The quantitative estimate of drug-likeness (QED) is 0.334. The van der Waals surface area contributed by atoms with Crippen LogP contribution in [0.1, 0.15) is 47.2 Å². The molecule has 44 heavy (non-hydrogen) atoms. The molecule has 0 aliphatic carbocycles. The van der Waals surface area contributed by atoms with Crippen LogP contribution in [0.3, 0.4) is 0 Å². The molecule has 2 N–H and O–H groups in total. The molecule has 1 fully saturated rings. The van der Waals surface area contributed by atoms with E-state index in [4.69, 9.17) is 9.47 Å². The number of hydrogen-bond acceptors (Lipinski definition) is 9. The van der Waals surface area contributed by atoms with Crippen LogP contribution in [-0.4, -0.2) is 95.6 Å². The highest BCUT2D eigenvalue weighted by molar-refractivity contribution is 5.97. The molecule has 232 valence electrons. The van der Waals surface area contributed by atoms with Crippen molar-refractivity contribution in [1.82, 2.24) is 25.1 Å². The number of rotatable bonds is 10. The second kappa shape index (κ2) is 14.9. The van der Waals surface area contributed by atoms with Crippen LogP contribution < -0.4 is 10.6 Å². The van der Waals surface area contributed by atoms with Crippen molar-refractivity contribution >= 4 is 29.7 Å². The molecule has 12 heteroatoms. The van der Waals surface area contributed by atoms with Crippen molar-refractivity contribution in [2.45, 2.75) is 39.3 Å². The van der Waals surface area contributed by atoms with E-state index < -0.39 is 24.0 Å². The predicted octanol–water partition coefficient (Wildman–Crippen LogP) is 3.39. The van der Waals surface area contributed by atoms with Gasteiger partial charge >= 0.3 is 12.1 Å². The Balaban J connectivity index is 1.59. The number of carbonyl (C=O) groups excluding carboxylic acids is 4. The summed E-state index contributed by atoms with van der Waals surface area (Å²) in [6.45, 7) is 7.15. The van der Waals surface area contributed by atoms with E-state index in [1.54, 1.807) is 47.1 Å². The number of esters is 1. The highest BCUT2D eigenvalue weighted by Crippen LogP contribution is 2.19. The summed E-state index contributed by atoms with van der Waals surface area (Å²) in [5.41, 5.74) is 1.95. The number of nitrogens with zero attached hydrogens (tertiary/aromatic N) is 4. The Kier molecular flexibility index (Phi) is 10.8. The lowest BCUT2D eigenvalue weighted by atomic mass is 10.0. The number of anilines is 1. The summed E-state index contributed by atoms with van der Waals surface area (Å²) in [5.74, 6) is -0.447. The van der Waals surface area contributed by atoms with E-state index in [1.165, 1.54) is 7.11 Å². The van der Waals surface area contributed by atoms with Gasteiger partial charge in [-0.25, -0.2) is 19.6 Å². The number of amides is 3. The standard InChI is InChI=1S/C32H38N6O6/c1-5-44-32(42)38-17-15-37(16-18-38)30(40)26(19-22-11-13-24(14-12-22)31(41)43-4)35-29(39)25-20-27(33-21(2)3)36-28(34-25)23-9-7-6-8-10-23/h6-14,20-21,26H,5,15-19H2,1-4H3,(H,35,39)(H,33,34,36). The Labute approximate surface area is 256 Å². The molecule has 0 saturated carbocycles. The largest absolute Gasteiger partial charge is 0.465 e. The summed E-state index contributed by atoms with van der Waals surface area (Å²) in [5, 5.41) is 6.13. The first-order valence-corrected chi connectivity index (χ1v) is 14.6. The monoisotopic (exact) mass is 602 g/mol. The SMILES string of the molecule is CCOC(=O)N1CCN(C(=O)C(Cc2ccc(C(=O)OC)cc2)NC(=O)c2cc(NC(C)C)nc(-c3ccccc3)n2)CC1. The van der Waals surface area contributed by atoms with Crippen molar-refractivity contribution in [3.63, 3.8) is 0 Å². The van der Waals surface area contributed by atoms with Gasteiger partial charge < -0.3 is 29.9 Å². The van der Waals surface area contributed by atoms with Crippen LogP contribution in [0.5, 0.6) is 0 Å². The third-order valence-corrected chi connectivity index (χ3v) is 6.96. The van der Waals surface area contributed by atoms with Gasteiger partial charge in [-0.3, -0.25) is 9.59 Å². The van der Waals surface area contributed by atoms with Crippen molar-refractivity contribution in [3.05, 3.63) is 77.5 Å². The predicted molar refractivity (Wildman–Crippen MR) is 164 cm³/mol.